The summed E-state index contributed by atoms with van der Waals surface area (Å²) in [5.74, 6) is 0. The topological polar surface area (TPSA) is 66.4 Å². The monoisotopic (exact) mass is 335 g/mol. The predicted octanol–water partition coefficient (Wildman–Crippen LogP) is 2.39. The number of aliphatic hydroxyl groups excluding tert-OH is 1. The van der Waals surface area contributed by atoms with Gasteiger partial charge in [0.2, 0.25) is 10.0 Å². The Morgan fingerprint density at radius 3 is 2.80 bits per heavy atom. The van der Waals surface area contributed by atoms with Gasteiger partial charge in [0.25, 0.3) is 0 Å². The molecule has 2 rings (SSSR count). The lowest BCUT2D eigenvalue weighted by atomic mass is 10.2. The van der Waals surface area contributed by atoms with E-state index >= 15 is 0 Å². The summed E-state index contributed by atoms with van der Waals surface area (Å²) in [4.78, 5) is 0.151. The summed E-state index contributed by atoms with van der Waals surface area (Å²) in [6, 6.07) is 4.38. The van der Waals surface area contributed by atoms with E-state index in [1.807, 2.05) is 6.26 Å². The zero-order valence-corrected chi connectivity index (χ0v) is 13.6. The van der Waals surface area contributed by atoms with Crippen LogP contribution in [0.3, 0.4) is 0 Å². The van der Waals surface area contributed by atoms with Gasteiger partial charge in [0.05, 0.1) is 11.5 Å². The summed E-state index contributed by atoms with van der Waals surface area (Å²) >= 11 is 7.66. The Kier molecular flexibility index (Phi) is 5.36. The first kappa shape index (κ1) is 16.1. The van der Waals surface area contributed by atoms with Crippen LogP contribution in [0.15, 0.2) is 23.1 Å². The number of benzene rings is 1. The van der Waals surface area contributed by atoms with Gasteiger partial charge in [0, 0.05) is 16.3 Å². The Bertz CT molecular complexity index is 577. The lowest BCUT2D eigenvalue weighted by molar-refractivity contribution is 0.281. The molecular weight excluding hydrogens is 318 g/mol. The second kappa shape index (κ2) is 6.66. The normalized spacial score (nSPS) is 23.1. The molecule has 4 nitrogen and oxygen atoms in total. The number of sulfonamides is 1. The molecule has 0 radical (unpaired) electrons. The van der Waals surface area contributed by atoms with Gasteiger partial charge in [0.1, 0.15) is 0 Å². The quantitative estimate of drug-likeness (QED) is 0.867. The molecule has 1 aliphatic carbocycles. The van der Waals surface area contributed by atoms with Gasteiger partial charge in [-0.15, -0.1) is 0 Å². The van der Waals surface area contributed by atoms with Gasteiger partial charge in [-0.05, 0) is 49.3 Å². The van der Waals surface area contributed by atoms with E-state index in [0.717, 1.165) is 19.3 Å². The van der Waals surface area contributed by atoms with E-state index in [1.165, 1.54) is 18.2 Å². The number of nitrogens with one attached hydrogen (secondary N) is 1. The minimum Gasteiger partial charge on any atom is -0.392 e. The van der Waals surface area contributed by atoms with Crippen molar-refractivity contribution in [3.8, 4) is 0 Å². The molecule has 20 heavy (non-hydrogen) atoms. The number of thioether (sulfide) groups is 1. The summed E-state index contributed by atoms with van der Waals surface area (Å²) in [5, 5.41) is 10.1. The molecule has 1 aromatic carbocycles. The first-order chi connectivity index (χ1) is 9.46. The summed E-state index contributed by atoms with van der Waals surface area (Å²) in [5.41, 5.74) is 0.419. The second-order valence-electron chi connectivity index (χ2n) is 4.90. The van der Waals surface area contributed by atoms with Crippen LogP contribution in [-0.2, 0) is 16.6 Å². The van der Waals surface area contributed by atoms with Crippen molar-refractivity contribution >= 4 is 33.4 Å². The van der Waals surface area contributed by atoms with Gasteiger partial charge in [-0.3, -0.25) is 0 Å². The molecule has 7 heteroatoms. The van der Waals surface area contributed by atoms with Gasteiger partial charge in [-0.1, -0.05) is 11.6 Å². The second-order valence-corrected chi connectivity index (χ2v) is 8.16. The molecule has 0 spiro atoms. The molecule has 0 heterocycles. The molecule has 1 aliphatic rings. The largest absolute Gasteiger partial charge is 0.392 e. The summed E-state index contributed by atoms with van der Waals surface area (Å²) in [6.07, 6.45) is 4.82. The number of aliphatic hydroxyl groups is 1. The molecule has 0 bridgehead atoms. The molecule has 112 valence electrons. The van der Waals surface area contributed by atoms with Crippen LogP contribution in [0.25, 0.3) is 0 Å². The van der Waals surface area contributed by atoms with E-state index in [1.54, 1.807) is 11.8 Å². The van der Waals surface area contributed by atoms with E-state index in [2.05, 4.69) is 4.72 Å². The van der Waals surface area contributed by atoms with E-state index in [4.69, 9.17) is 16.7 Å². The highest BCUT2D eigenvalue weighted by atomic mass is 35.5. The van der Waals surface area contributed by atoms with Crippen molar-refractivity contribution in [3.63, 3.8) is 0 Å². The van der Waals surface area contributed by atoms with E-state index in [-0.39, 0.29) is 17.5 Å². The van der Waals surface area contributed by atoms with E-state index < -0.39 is 10.0 Å². The van der Waals surface area contributed by atoms with Crippen molar-refractivity contribution in [2.24, 2.45) is 0 Å². The molecule has 1 saturated carbocycles. The van der Waals surface area contributed by atoms with Gasteiger partial charge >= 0.3 is 0 Å². The smallest absolute Gasteiger partial charge is 0.240 e. The van der Waals surface area contributed by atoms with Crippen molar-refractivity contribution in [1.82, 2.24) is 4.72 Å². The highest BCUT2D eigenvalue weighted by molar-refractivity contribution is 7.99. The molecule has 0 aliphatic heterocycles. The third kappa shape index (κ3) is 3.68. The van der Waals surface area contributed by atoms with Gasteiger partial charge in [0.15, 0.2) is 0 Å². The number of halogens is 1. The Labute approximate surface area is 129 Å². The van der Waals surface area contributed by atoms with Crippen molar-refractivity contribution in [2.45, 2.75) is 42.1 Å². The van der Waals surface area contributed by atoms with Crippen molar-refractivity contribution in [2.75, 3.05) is 6.26 Å². The molecule has 1 fully saturated rings. The molecule has 2 N–H and O–H groups in total. The van der Waals surface area contributed by atoms with Gasteiger partial charge < -0.3 is 5.11 Å². The fourth-order valence-corrected chi connectivity index (χ4v) is 4.70. The summed E-state index contributed by atoms with van der Waals surface area (Å²) in [7, 11) is -3.55. The van der Waals surface area contributed by atoms with Crippen LogP contribution in [0, 0.1) is 0 Å². The maximum Gasteiger partial charge on any atom is 0.240 e. The highest BCUT2D eigenvalue weighted by Gasteiger charge is 2.28. The third-order valence-electron chi connectivity index (χ3n) is 3.54. The van der Waals surface area contributed by atoms with Crippen molar-refractivity contribution in [3.05, 3.63) is 28.8 Å². The van der Waals surface area contributed by atoms with Crippen molar-refractivity contribution in [1.29, 1.82) is 0 Å². The Morgan fingerprint density at radius 2 is 2.20 bits per heavy atom. The molecule has 2 atom stereocenters. The van der Waals surface area contributed by atoms with E-state index in [0.29, 0.717) is 15.8 Å². The van der Waals surface area contributed by atoms with Crippen molar-refractivity contribution < 1.29 is 13.5 Å². The third-order valence-corrected chi connectivity index (χ3v) is 6.52. The zero-order valence-electron chi connectivity index (χ0n) is 11.2. The van der Waals surface area contributed by atoms with Crippen LogP contribution < -0.4 is 4.72 Å². The zero-order chi connectivity index (χ0) is 14.8. The van der Waals surface area contributed by atoms with Crippen LogP contribution >= 0.6 is 23.4 Å². The number of hydrogen-bond donors (Lipinski definition) is 2. The average Bonchev–Trinajstić information content (AvgIpc) is 2.86. The number of hydrogen-bond acceptors (Lipinski definition) is 4. The summed E-state index contributed by atoms with van der Waals surface area (Å²) < 4.78 is 27.4. The first-order valence-electron chi connectivity index (χ1n) is 6.40. The van der Waals surface area contributed by atoms with Crippen LogP contribution in [0.1, 0.15) is 24.8 Å². The molecular formula is C13H18ClNO3S2. The number of rotatable bonds is 5. The Morgan fingerprint density at radius 1 is 1.45 bits per heavy atom. The molecule has 1 aromatic rings. The fourth-order valence-electron chi connectivity index (χ4n) is 2.39. The van der Waals surface area contributed by atoms with Crippen LogP contribution in [0.4, 0.5) is 0 Å². The fraction of sp³-hybridized carbons (Fsp3) is 0.538. The highest BCUT2D eigenvalue weighted by Crippen LogP contribution is 2.29. The SMILES string of the molecule is CSC1CCC(NS(=O)(=O)c2ccc(Cl)c(CO)c2)C1. The minimum atomic E-state index is -3.55. The minimum absolute atomic E-state index is 0.00861. The van der Waals surface area contributed by atoms with E-state index in [9.17, 15) is 8.42 Å². The standard InChI is InChI=1S/C13H18ClNO3S2/c1-19-11-3-2-10(7-11)15-20(17,18)12-4-5-13(14)9(6-12)8-16/h4-6,10-11,15-16H,2-3,7-8H2,1H3. The molecule has 0 amide bonds. The van der Waals surface area contributed by atoms with Crippen LogP contribution in [0.5, 0.6) is 0 Å². The van der Waals surface area contributed by atoms with Gasteiger partial charge in [-0.2, -0.15) is 11.8 Å². The van der Waals surface area contributed by atoms with Crippen LogP contribution in [0.2, 0.25) is 5.02 Å². The Hall–Kier alpha value is -0.270. The first-order valence-corrected chi connectivity index (χ1v) is 9.55. The lowest BCUT2D eigenvalue weighted by Gasteiger charge is -2.14. The summed E-state index contributed by atoms with van der Waals surface area (Å²) in [6.45, 7) is -0.278. The maximum absolute atomic E-state index is 12.3. The Balaban J connectivity index is 2.14. The average molecular weight is 336 g/mol. The lowest BCUT2D eigenvalue weighted by Crippen LogP contribution is -2.33. The van der Waals surface area contributed by atoms with Crippen LogP contribution in [-0.4, -0.2) is 31.1 Å². The maximum atomic E-state index is 12.3. The van der Waals surface area contributed by atoms with Gasteiger partial charge in [-0.25, -0.2) is 13.1 Å². The predicted molar refractivity (Wildman–Crippen MR) is 82.6 cm³/mol. The molecule has 0 aromatic heterocycles. The molecule has 0 saturated heterocycles. The molecule has 2 unspecified atom stereocenters.